The van der Waals surface area contributed by atoms with E-state index in [1.54, 1.807) is 6.20 Å². The number of aromatic hydroxyl groups is 1. The van der Waals surface area contributed by atoms with Gasteiger partial charge in [0.15, 0.2) is 0 Å². The predicted molar refractivity (Wildman–Crippen MR) is 90.8 cm³/mol. The van der Waals surface area contributed by atoms with E-state index in [0.29, 0.717) is 5.69 Å². The van der Waals surface area contributed by atoms with E-state index >= 15 is 0 Å². The van der Waals surface area contributed by atoms with E-state index in [9.17, 15) is 19.8 Å². The number of phenols is 1. The van der Waals surface area contributed by atoms with Crippen molar-refractivity contribution < 1.29 is 49.4 Å². The van der Waals surface area contributed by atoms with Crippen molar-refractivity contribution in [2.24, 2.45) is 0 Å². The van der Waals surface area contributed by atoms with Gasteiger partial charge in [0, 0.05) is 35.3 Å². The molecule has 2 aromatic carbocycles. The second-order valence-electron chi connectivity index (χ2n) is 5.69. The molecule has 1 heterocycles. The van der Waals surface area contributed by atoms with Gasteiger partial charge in [-0.1, -0.05) is 18.2 Å². The van der Waals surface area contributed by atoms with Crippen LogP contribution in [0.1, 0.15) is 15.9 Å². The number of hydrogen-bond donors (Lipinski definition) is 4. The zero-order valence-corrected chi connectivity index (χ0v) is 16.2. The molecule has 5 N–H and O–H groups in total. The second kappa shape index (κ2) is 8.27. The molecule has 1 amide bonds. The molecule has 7 nitrogen and oxygen atoms in total. The zero-order valence-electron chi connectivity index (χ0n) is 14.2. The van der Waals surface area contributed by atoms with Crippen LogP contribution >= 0.6 is 0 Å². The smallest absolute Gasteiger partial charge is 0.548 e. The first-order valence-electron chi connectivity index (χ1n) is 7.61. The largest absolute Gasteiger partial charge is 1.00 e. The number of rotatable bonds is 5. The van der Waals surface area contributed by atoms with Crippen molar-refractivity contribution in [3.05, 3.63) is 59.8 Å². The van der Waals surface area contributed by atoms with E-state index in [1.165, 1.54) is 18.2 Å². The Hall–Kier alpha value is -2.48. The Morgan fingerprint density at radius 1 is 1.23 bits per heavy atom. The van der Waals surface area contributed by atoms with Gasteiger partial charge in [0.1, 0.15) is 5.75 Å². The third kappa shape index (κ3) is 4.19. The molecule has 0 aliphatic rings. The summed E-state index contributed by atoms with van der Waals surface area (Å²) in [5, 5.41) is 24.5. The molecule has 0 fully saturated rings. The number of nitrogen functional groups attached to an aromatic ring is 1. The van der Waals surface area contributed by atoms with E-state index in [1.807, 2.05) is 24.3 Å². The molecule has 1 atom stereocenters. The van der Waals surface area contributed by atoms with Gasteiger partial charge in [-0.2, -0.15) is 0 Å². The van der Waals surface area contributed by atoms with Gasteiger partial charge < -0.3 is 31.0 Å². The van der Waals surface area contributed by atoms with Crippen LogP contribution in [0.15, 0.2) is 48.7 Å². The molecule has 3 rings (SSSR count). The van der Waals surface area contributed by atoms with Crippen molar-refractivity contribution in [3.8, 4) is 5.75 Å². The standard InChI is InChI=1S/C18H17N3O4.Na/c19-11-5-6-13(16(22)8-11)17(23)21-15(18(24)25)7-10-9-20-14-4-2-1-3-12(10)14;/h1-6,8-9,15,20,22H,7,19H2,(H,21,23)(H,24,25);/q;+1/p-1. The number of H-pyrrole nitrogens is 1. The average Bonchev–Trinajstić information content (AvgIpc) is 2.97. The van der Waals surface area contributed by atoms with Crippen molar-refractivity contribution in [1.82, 2.24) is 10.3 Å². The molecular weight excluding hydrogens is 345 g/mol. The number of fused-ring (bicyclic) bond motifs is 1. The van der Waals surface area contributed by atoms with E-state index < -0.39 is 17.9 Å². The number of aromatic amines is 1. The number of carboxylic acid groups (broad SMARTS) is 1. The molecule has 1 aromatic heterocycles. The third-order valence-electron chi connectivity index (χ3n) is 3.96. The number of amides is 1. The maximum Gasteiger partial charge on any atom is 1.00 e. The first-order chi connectivity index (χ1) is 12.0. The summed E-state index contributed by atoms with van der Waals surface area (Å²) in [7, 11) is 0. The maximum atomic E-state index is 12.3. The Bertz CT molecular complexity index is 955. The number of anilines is 1. The minimum Gasteiger partial charge on any atom is -0.548 e. The van der Waals surface area contributed by atoms with Crippen LogP contribution in [0.5, 0.6) is 5.75 Å². The molecule has 8 heteroatoms. The van der Waals surface area contributed by atoms with Gasteiger partial charge in [0.2, 0.25) is 0 Å². The van der Waals surface area contributed by atoms with Crippen LogP contribution in [0.4, 0.5) is 5.69 Å². The fourth-order valence-electron chi connectivity index (χ4n) is 2.69. The maximum absolute atomic E-state index is 12.3. The minimum absolute atomic E-state index is 0. The monoisotopic (exact) mass is 361 g/mol. The van der Waals surface area contributed by atoms with Gasteiger partial charge in [-0.05, 0) is 23.8 Å². The average molecular weight is 361 g/mol. The molecule has 0 spiro atoms. The zero-order chi connectivity index (χ0) is 18.0. The second-order valence-corrected chi connectivity index (χ2v) is 5.69. The third-order valence-corrected chi connectivity index (χ3v) is 3.96. The summed E-state index contributed by atoms with van der Waals surface area (Å²) in [4.78, 5) is 26.8. The molecule has 0 saturated heterocycles. The number of carbonyl (C=O) groups excluding carboxylic acids is 2. The number of carboxylic acids is 1. The van der Waals surface area contributed by atoms with Gasteiger partial charge in [0.05, 0.1) is 17.6 Å². The van der Waals surface area contributed by atoms with E-state index in [4.69, 9.17) is 5.73 Å². The van der Waals surface area contributed by atoms with Crippen molar-refractivity contribution in [2.45, 2.75) is 12.5 Å². The van der Waals surface area contributed by atoms with Gasteiger partial charge in [-0.15, -0.1) is 0 Å². The van der Waals surface area contributed by atoms with Gasteiger partial charge in [-0.3, -0.25) is 4.79 Å². The predicted octanol–water partition coefficient (Wildman–Crippen LogP) is -2.45. The van der Waals surface area contributed by atoms with Crippen LogP contribution in [0.2, 0.25) is 0 Å². The summed E-state index contributed by atoms with van der Waals surface area (Å²) in [6.45, 7) is 0. The summed E-state index contributed by atoms with van der Waals surface area (Å²) < 4.78 is 0. The molecule has 0 aliphatic carbocycles. The normalized spacial score (nSPS) is 11.5. The van der Waals surface area contributed by atoms with E-state index in [2.05, 4.69) is 10.3 Å². The Labute approximate surface area is 171 Å². The van der Waals surface area contributed by atoms with Crippen molar-refractivity contribution >= 4 is 28.5 Å². The molecule has 0 bridgehead atoms. The van der Waals surface area contributed by atoms with Crippen LogP contribution in [0, 0.1) is 0 Å². The molecule has 0 saturated carbocycles. The van der Waals surface area contributed by atoms with Gasteiger partial charge in [-0.25, -0.2) is 0 Å². The molecule has 0 aliphatic heterocycles. The number of benzene rings is 2. The number of phenolic OH excluding ortho intramolecular Hbond substituents is 1. The Morgan fingerprint density at radius 3 is 2.65 bits per heavy atom. The Morgan fingerprint density at radius 2 is 1.96 bits per heavy atom. The number of nitrogens with one attached hydrogen (secondary N) is 2. The van der Waals surface area contributed by atoms with Crippen LogP contribution in [-0.4, -0.2) is 28.0 Å². The first kappa shape index (κ1) is 19.8. The van der Waals surface area contributed by atoms with Crippen LogP contribution < -0.4 is 45.7 Å². The van der Waals surface area contributed by atoms with Crippen LogP contribution in [0.3, 0.4) is 0 Å². The summed E-state index contributed by atoms with van der Waals surface area (Å²) >= 11 is 0. The Balaban J connectivity index is 0.00000243. The van der Waals surface area contributed by atoms with Crippen molar-refractivity contribution in [3.63, 3.8) is 0 Å². The Kier molecular flexibility index (Phi) is 6.31. The van der Waals surface area contributed by atoms with Crippen LogP contribution in [0.25, 0.3) is 10.9 Å². The molecule has 0 radical (unpaired) electrons. The number of nitrogens with two attached hydrogens (primary N) is 1. The minimum atomic E-state index is -1.41. The summed E-state index contributed by atoms with van der Waals surface area (Å²) in [5.74, 6) is -2.44. The molecule has 3 aromatic rings. The fraction of sp³-hybridized carbons (Fsp3) is 0.111. The number of carbonyl (C=O) groups is 2. The molecular formula is C18H16N3NaO4. The summed E-state index contributed by atoms with van der Waals surface area (Å²) in [6, 6.07) is 10.2. The quantitative estimate of drug-likeness (QED) is 0.296. The van der Waals surface area contributed by atoms with Crippen molar-refractivity contribution in [1.29, 1.82) is 0 Å². The summed E-state index contributed by atoms with van der Waals surface area (Å²) in [5.41, 5.74) is 7.38. The van der Waals surface area contributed by atoms with Crippen molar-refractivity contribution in [2.75, 3.05) is 5.73 Å². The SMILES string of the molecule is Nc1ccc(C(=O)NC(Cc2c[nH]c3ccccc23)C(=O)[O-])c(O)c1.[Na+]. The molecule has 1 unspecified atom stereocenters. The van der Waals surface area contributed by atoms with Gasteiger partial charge in [0.25, 0.3) is 5.91 Å². The number of aliphatic carboxylic acids is 1. The molecule has 128 valence electrons. The number of hydrogen-bond acceptors (Lipinski definition) is 5. The molecule has 26 heavy (non-hydrogen) atoms. The van der Waals surface area contributed by atoms with E-state index in [-0.39, 0.29) is 47.3 Å². The topological polar surface area (TPSA) is 131 Å². The number of aromatic nitrogens is 1. The van der Waals surface area contributed by atoms with Gasteiger partial charge >= 0.3 is 29.6 Å². The summed E-state index contributed by atoms with van der Waals surface area (Å²) in [6.07, 6.45) is 1.75. The number of para-hydroxylation sites is 1. The first-order valence-corrected chi connectivity index (χ1v) is 7.61. The van der Waals surface area contributed by atoms with Crippen LogP contribution in [-0.2, 0) is 11.2 Å². The fourth-order valence-corrected chi connectivity index (χ4v) is 2.69. The van der Waals surface area contributed by atoms with E-state index in [0.717, 1.165) is 16.5 Å².